The smallest absolute Gasteiger partial charge is 0.321 e. The van der Waals surface area contributed by atoms with Crippen LogP contribution in [-0.2, 0) is 6.18 Å². The van der Waals surface area contributed by atoms with Crippen LogP contribution < -0.4 is 5.32 Å². The summed E-state index contributed by atoms with van der Waals surface area (Å²) in [4.78, 5) is 17.1. The number of hydrogen-bond donors (Lipinski definition) is 1. The molecule has 0 aliphatic heterocycles. The van der Waals surface area contributed by atoms with Crippen LogP contribution in [0.4, 0.5) is 23.2 Å². The first-order chi connectivity index (χ1) is 15.6. The third kappa shape index (κ3) is 4.67. The van der Waals surface area contributed by atoms with Crippen LogP contribution in [0.5, 0.6) is 0 Å². The van der Waals surface area contributed by atoms with E-state index < -0.39 is 29.3 Å². The Labute approximate surface area is 193 Å². The number of nitrogens with zero attached hydrogens (tertiary/aromatic N) is 4. The molecule has 12 heteroatoms. The van der Waals surface area contributed by atoms with Gasteiger partial charge in [0.2, 0.25) is 0 Å². The molecule has 1 amide bonds. The van der Waals surface area contributed by atoms with E-state index in [1.807, 2.05) is 0 Å². The second-order valence-corrected chi connectivity index (χ2v) is 7.47. The Morgan fingerprint density at radius 1 is 0.970 bits per heavy atom. The van der Waals surface area contributed by atoms with Crippen molar-refractivity contribution < 1.29 is 22.4 Å². The summed E-state index contributed by atoms with van der Waals surface area (Å²) in [6, 6.07) is 9.25. The van der Waals surface area contributed by atoms with Gasteiger partial charge in [-0.15, -0.1) is 4.80 Å². The molecular formula is C21H11Cl2F4N5O. The fraction of sp³-hybridized carbons (Fsp3) is 0.0476. The molecule has 168 valence electrons. The molecule has 2 aromatic carbocycles. The van der Waals surface area contributed by atoms with E-state index in [1.165, 1.54) is 18.5 Å². The first-order valence-corrected chi connectivity index (χ1v) is 9.90. The van der Waals surface area contributed by atoms with Crippen LogP contribution in [0.2, 0.25) is 10.0 Å². The molecule has 2 aromatic heterocycles. The van der Waals surface area contributed by atoms with Gasteiger partial charge < -0.3 is 5.32 Å². The van der Waals surface area contributed by atoms with Gasteiger partial charge in [-0.2, -0.15) is 23.4 Å². The van der Waals surface area contributed by atoms with E-state index in [0.29, 0.717) is 16.4 Å². The van der Waals surface area contributed by atoms with Crippen molar-refractivity contribution in [3.8, 4) is 16.9 Å². The van der Waals surface area contributed by atoms with Crippen molar-refractivity contribution in [2.45, 2.75) is 6.18 Å². The number of anilines is 1. The number of benzene rings is 2. The lowest BCUT2D eigenvalue weighted by molar-refractivity contribution is -0.137. The van der Waals surface area contributed by atoms with Gasteiger partial charge in [-0.05, 0) is 24.3 Å². The van der Waals surface area contributed by atoms with Gasteiger partial charge in [0.15, 0.2) is 5.82 Å². The molecule has 33 heavy (non-hydrogen) atoms. The second kappa shape index (κ2) is 8.80. The van der Waals surface area contributed by atoms with Crippen molar-refractivity contribution in [2.24, 2.45) is 0 Å². The summed E-state index contributed by atoms with van der Waals surface area (Å²) >= 11 is 12.3. The number of nitrogens with one attached hydrogen (secondary N) is 1. The lowest BCUT2D eigenvalue weighted by Crippen LogP contribution is -2.17. The molecule has 4 rings (SSSR count). The average Bonchev–Trinajstić information content (AvgIpc) is 3.30. The topological polar surface area (TPSA) is 72.7 Å². The number of carbonyl (C=O) groups is 1. The highest BCUT2D eigenvalue weighted by Crippen LogP contribution is 2.35. The molecule has 0 saturated carbocycles. The van der Waals surface area contributed by atoms with Crippen molar-refractivity contribution >= 4 is 34.8 Å². The Bertz CT molecular complexity index is 1340. The zero-order chi connectivity index (χ0) is 23.8. The van der Waals surface area contributed by atoms with E-state index in [9.17, 15) is 22.4 Å². The lowest BCUT2D eigenvalue weighted by Gasteiger charge is -2.14. The van der Waals surface area contributed by atoms with Crippen molar-refractivity contribution in [1.82, 2.24) is 20.0 Å². The van der Waals surface area contributed by atoms with Gasteiger partial charge in [-0.3, -0.25) is 4.79 Å². The Morgan fingerprint density at radius 2 is 1.67 bits per heavy atom. The van der Waals surface area contributed by atoms with Crippen LogP contribution in [0.3, 0.4) is 0 Å². The molecular weight excluding hydrogens is 485 g/mol. The van der Waals surface area contributed by atoms with Crippen LogP contribution >= 0.6 is 23.2 Å². The zero-order valence-corrected chi connectivity index (χ0v) is 17.8. The number of aromatic nitrogens is 4. The number of rotatable bonds is 4. The maximum absolute atomic E-state index is 14.8. The summed E-state index contributed by atoms with van der Waals surface area (Å²) in [6.07, 6.45) is -1.42. The molecule has 0 bridgehead atoms. The number of hydrogen-bond acceptors (Lipinski definition) is 4. The molecule has 0 unspecified atom stereocenters. The van der Waals surface area contributed by atoms with Gasteiger partial charge in [0, 0.05) is 16.1 Å². The van der Waals surface area contributed by atoms with Gasteiger partial charge >= 0.3 is 6.18 Å². The third-order valence-electron chi connectivity index (χ3n) is 4.50. The molecule has 0 spiro atoms. The average molecular weight is 496 g/mol. The molecule has 0 saturated heterocycles. The standard InChI is InChI=1S/C21H11Cl2F4N5O/c22-16-4-2-1-3-12(16)13-8-17(23)14(9-18(13)24)20(33)31-11-7-15(21(25,26)27)19(28-10-11)32-29-5-6-30-32/h1-10H,(H,31,33). The van der Waals surface area contributed by atoms with E-state index >= 15 is 0 Å². The van der Waals surface area contributed by atoms with Crippen LogP contribution in [-0.4, -0.2) is 25.9 Å². The Hall–Kier alpha value is -3.50. The predicted octanol–water partition coefficient (Wildman–Crippen LogP) is 6.05. The van der Waals surface area contributed by atoms with Gasteiger partial charge in [-0.1, -0.05) is 41.4 Å². The summed E-state index contributed by atoms with van der Waals surface area (Å²) in [6.45, 7) is 0. The molecule has 0 atom stereocenters. The van der Waals surface area contributed by atoms with Gasteiger partial charge in [0.25, 0.3) is 5.91 Å². The second-order valence-electron chi connectivity index (χ2n) is 6.66. The predicted molar refractivity (Wildman–Crippen MR) is 114 cm³/mol. The summed E-state index contributed by atoms with van der Waals surface area (Å²) in [7, 11) is 0. The van der Waals surface area contributed by atoms with Crippen molar-refractivity contribution in [3.05, 3.63) is 88.0 Å². The fourth-order valence-corrected chi connectivity index (χ4v) is 3.51. The highest BCUT2D eigenvalue weighted by atomic mass is 35.5. The maximum atomic E-state index is 14.8. The van der Waals surface area contributed by atoms with Gasteiger partial charge in [-0.25, -0.2) is 9.37 Å². The Balaban J connectivity index is 1.66. The van der Waals surface area contributed by atoms with Crippen LogP contribution in [0.25, 0.3) is 16.9 Å². The van der Waals surface area contributed by atoms with Gasteiger partial charge in [0.1, 0.15) is 11.4 Å². The van der Waals surface area contributed by atoms with E-state index in [1.54, 1.807) is 24.3 Å². The van der Waals surface area contributed by atoms with Crippen molar-refractivity contribution in [3.63, 3.8) is 0 Å². The largest absolute Gasteiger partial charge is 0.420 e. The number of pyridine rings is 1. The number of alkyl halides is 3. The van der Waals surface area contributed by atoms with Crippen molar-refractivity contribution in [2.75, 3.05) is 5.32 Å². The fourth-order valence-electron chi connectivity index (χ4n) is 3.02. The quantitative estimate of drug-likeness (QED) is 0.350. The monoisotopic (exact) mass is 495 g/mol. The maximum Gasteiger partial charge on any atom is 0.420 e. The SMILES string of the molecule is O=C(Nc1cnc(-n2nccn2)c(C(F)(F)F)c1)c1cc(F)c(-c2ccccc2Cl)cc1Cl. The van der Waals surface area contributed by atoms with E-state index in [0.717, 1.165) is 12.3 Å². The highest BCUT2D eigenvalue weighted by molar-refractivity contribution is 6.35. The van der Waals surface area contributed by atoms with E-state index in [4.69, 9.17) is 23.2 Å². The molecule has 6 nitrogen and oxygen atoms in total. The number of carbonyl (C=O) groups excluding carboxylic acids is 1. The summed E-state index contributed by atoms with van der Waals surface area (Å²) in [5, 5.41) is 9.71. The minimum absolute atomic E-state index is 0.0687. The summed E-state index contributed by atoms with van der Waals surface area (Å²) in [5.74, 6) is -2.28. The van der Waals surface area contributed by atoms with E-state index in [-0.39, 0.29) is 26.9 Å². The molecule has 0 aliphatic rings. The lowest BCUT2D eigenvalue weighted by atomic mass is 10.0. The Morgan fingerprint density at radius 3 is 2.33 bits per heavy atom. The molecule has 0 aliphatic carbocycles. The number of halogens is 6. The number of amides is 1. The first-order valence-electron chi connectivity index (χ1n) is 9.14. The normalized spacial score (nSPS) is 11.5. The minimum atomic E-state index is -4.81. The highest BCUT2D eigenvalue weighted by Gasteiger charge is 2.36. The van der Waals surface area contributed by atoms with Crippen LogP contribution in [0, 0.1) is 5.82 Å². The zero-order valence-electron chi connectivity index (χ0n) is 16.2. The molecule has 1 N–H and O–H groups in total. The minimum Gasteiger partial charge on any atom is -0.321 e. The summed E-state index contributed by atoms with van der Waals surface area (Å²) in [5.41, 5.74) is -1.30. The molecule has 2 heterocycles. The van der Waals surface area contributed by atoms with Crippen molar-refractivity contribution in [1.29, 1.82) is 0 Å². The Kier molecular flexibility index (Phi) is 6.05. The third-order valence-corrected chi connectivity index (χ3v) is 5.15. The van der Waals surface area contributed by atoms with Crippen LogP contribution in [0.15, 0.2) is 61.1 Å². The molecule has 0 radical (unpaired) electrons. The van der Waals surface area contributed by atoms with Crippen LogP contribution in [0.1, 0.15) is 15.9 Å². The van der Waals surface area contributed by atoms with E-state index in [2.05, 4.69) is 20.5 Å². The summed E-state index contributed by atoms with van der Waals surface area (Å²) < 4.78 is 55.3. The molecule has 4 aromatic rings. The first kappa shape index (κ1) is 22.7. The molecule has 0 fully saturated rings. The van der Waals surface area contributed by atoms with Gasteiger partial charge in [0.05, 0.1) is 34.9 Å².